The SMILES string of the molecule is COCC(C)(C)C(=O)n1nc(-c2ccn(CC(=O)c3ccnnc3)c(=O)c2OC)cc1NCc1ccc(Cl)s1. The first kappa shape index (κ1) is 28.1. The van der Waals surface area contributed by atoms with Gasteiger partial charge in [-0.05, 0) is 38.1 Å². The number of aromatic nitrogens is 5. The summed E-state index contributed by atoms with van der Waals surface area (Å²) in [6.45, 7) is 3.91. The van der Waals surface area contributed by atoms with Crippen LogP contribution < -0.4 is 15.6 Å². The van der Waals surface area contributed by atoms with Crippen molar-refractivity contribution in [3.63, 3.8) is 0 Å². The predicted molar refractivity (Wildman–Crippen MR) is 148 cm³/mol. The Labute approximate surface area is 233 Å². The van der Waals surface area contributed by atoms with Crippen LogP contribution in [0.3, 0.4) is 0 Å². The fourth-order valence-corrected chi connectivity index (χ4v) is 4.93. The number of anilines is 1. The van der Waals surface area contributed by atoms with Crippen molar-refractivity contribution in [3.05, 3.63) is 74.1 Å². The minimum absolute atomic E-state index is 0.0111. The largest absolute Gasteiger partial charge is 0.491 e. The summed E-state index contributed by atoms with van der Waals surface area (Å²) in [5.74, 6) is -0.193. The third kappa shape index (κ3) is 6.24. The Morgan fingerprint density at radius 2 is 1.95 bits per heavy atom. The van der Waals surface area contributed by atoms with Gasteiger partial charge >= 0.3 is 0 Å². The molecule has 0 fully saturated rings. The molecule has 0 aliphatic heterocycles. The maximum atomic E-state index is 13.5. The quantitative estimate of drug-likeness (QED) is 0.265. The van der Waals surface area contributed by atoms with Crippen LogP contribution >= 0.6 is 22.9 Å². The van der Waals surface area contributed by atoms with Gasteiger partial charge in [-0.25, -0.2) is 0 Å². The molecule has 11 nitrogen and oxygen atoms in total. The molecule has 204 valence electrons. The van der Waals surface area contributed by atoms with Crippen LogP contribution in [0.4, 0.5) is 5.82 Å². The number of rotatable bonds is 11. The number of carbonyl (C=O) groups is 2. The summed E-state index contributed by atoms with van der Waals surface area (Å²) in [4.78, 5) is 40.3. The van der Waals surface area contributed by atoms with Crippen LogP contribution in [-0.4, -0.2) is 57.1 Å². The summed E-state index contributed by atoms with van der Waals surface area (Å²) < 4.78 is 13.9. The summed E-state index contributed by atoms with van der Waals surface area (Å²) >= 11 is 7.48. The molecular weight excluding hydrogens is 544 g/mol. The van der Waals surface area contributed by atoms with Gasteiger partial charge in [-0.15, -0.1) is 11.3 Å². The van der Waals surface area contributed by atoms with Crippen molar-refractivity contribution in [2.75, 3.05) is 26.1 Å². The highest BCUT2D eigenvalue weighted by Gasteiger charge is 2.32. The van der Waals surface area contributed by atoms with Crippen molar-refractivity contribution in [3.8, 4) is 17.0 Å². The van der Waals surface area contributed by atoms with E-state index in [1.807, 2.05) is 6.07 Å². The minimum Gasteiger partial charge on any atom is -0.491 e. The maximum absolute atomic E-state index is 13.5. The Bertz CT molecular complexity index is 1550. The van der Waals surface area contributed by atoms with E-state index in [1.165, 1.54) is 59.5 Å². The highest BCUT2D eigenvalue weighted by molar-refractivity contribution is 7.16. The highest BCUT2D eigenvalue weighted by Crippen LogP contribution is 2.31. The number of thiophene rings is 1. The van der Waals surface area contributed by atoms with E-state index in [9.17, 15) is 14.4 Å². The molecule has 4 aromatic heterocycles. The zero-order chi connectivity index (χ0) is 28.2. The molecule has 0 saturated carbocycles. The first-order valence-electron chi connectivity index (χ1n) is 11.8. The van der Waals surface area contributed by atoms with Gasteiger partial charge in [0.15, 0.2) is 11.5 Å². The van der Waals surface area contributed by atoms with Gasteiger partial charge in [0.05, 0.1) is 60.2 Å². The lowest BCUT2D eigenvalue weighted by atomic mass is 9.94. The van der Waals surface area contributed by atoms with Gasteiger partial charge in [-0.3, -0.25) is 14.4 Å². The van der Waals surface area contributed by atoms with E-state index < -0.39 is 11.0 Å². The van der Waals surface area contributed by atoms with Crippen molar-refractivity contribution in [2.45, 2.75) is 26.9 Å². The molecule has 4 rings (SSSR count). The Morgan fingerprint density at radius 1 is 1.15 bits per heavy atom. The second-order valence-electron chi connectivity index (χ2n) is 9.26. The maximum Gasteiger partial charge on any atom is 0.293 e. The summed E-state index contributed by atoms with van der Waals surface area (Å²) in [5, 5.41) is 15.2. The Balaban J connectivity index is 1.71. The van der Waals surface area contributed by atoms with Gasteiger partial charge in [-0.1, -0.05) is 11.6 Å². The highest BCUT2D eigenvalue weighted by atomic mass is 35.5. The number of nitrogens with zero attached hydrogens (tertiary/aromatic N) is 5. The van der Waals surface area contributed by atoms with Crippen molar-refractivity contribution in [2.24, 2.45) is 5.41 Å². The molecule has 39 heavy (non-hydrogen) atoms. The molecule has 0 aromatic carbocycles. The second-order valence-corrected chi connectivity index (χ2v) is 11.1. The van der Waals surface area contributed by atoms with Gasteiger partial charge in [-0.2, -0.15) is 20.0 Å². The monoisotopic (exact) mass is 570 g/mol. The van der Waals surface area contributed by atoms with Crippen molar-refractivity contribution in [1.29, 1.82) is 0 Å². The normalized spacial score (nSPS) is 11.4. The molecule has 4 heterocycles. The molecule has 0 spiro atoms. The zero-order valence-corrected chi connectivity index (χ0v) is 23.4. The number of methoxy groups -OCH3 is 2. The molecule has 0 saturated heterocycles. The molecule has 4 aromatic rings. The standard InChI is InChI=1S/C26H27ClN6O5S/c1-26(2,15-37-3)25(36)33-22(28-13-17-5-6-21(27)39-17)11-19(31-33)18-8-10-32(24(35)23(18)38-4)14-20(34)16-7-9-29-30-12-16/h5-12,28H,13-15H2,1-4H3. The molecule has 0 aliphatic rings. The number of Topliss-reactive ketones (excluding diaryl/α,β-unsaturated/α-hetero) is 1. The van der Waals surface area contributed by atoms with Gasteiger partial charge in [0, 0.05) is 29.8 Å². The fourth-order valence-electron chi connectivity index (χ4n) is 3.91. The summed E-state index contributed by atoms with van der Waals surface area (Å²) in [6, 6.07) is 8.52. The molecule has 0 atom stereocenters. The number of carbonyl (C=O) groups excluding carboxylic acids is 2. The number of hydrogen-bond acceptors (Lipinski definition) is 10. The second kappa shape index (κ2) is 11.9. The third-order valence-corrected chi connectivity index (χ3v) is 7.11. The molecule has 13 heteroatoms. The van der Waals surface area contributed by atoms with Gasteiger partial charge < -0.3 is 19.4 Å². The summed E-state index contributed by atoms with van der Waals surface area (Å²) in [6.07, 6.45) is 4.24. The van der Waals surface area contributed by atoms with Crippen LogP contribution in [0.25, 0.3) is 11.3 Å². The van der Waals surface area contributed by atoms with E-state index in [0.29, 0.717) is 33.5 Å². The van der Waals surface area contributed by atoms with Gasteiger partial charge in [0.2, 0.25) is 0 Å². The van der Waals surface area contributed by atoms with E-state index in [2.05, 4.69) is 20.6 Å². The van der Waals surface area contributed by atoms with E-state index in [0.717, 1.165) is 4.88 Å². The first-order valence-corrected chi connectivity index (χ1v) is 13.0. The average Bonchev–Trinajstić information content (AvgIpc) is 3.54. The first-order chi connectivity index (χ1) is 18.6. The average molecular weight is 571 g/mol. The summed E-state index contributed by atoms with van der Waals surface area (Å²) in [5.41, 5.74) is -0.354. The Hall–Kier alpha value is -3.87. The van der Waals surface area contributed by atoms with E-state index in [-0.39, 0.29) is 30.6 Å². The number of ether oxygens (including phenoxy) is 2. The molecule has 0 radical (unpaired) electrons. The summed E-state index contributed by atoms with van der Waals surface area (Å²) in [7, 11) is 2.89. The van der Waals surface area contributed by atoms with Crippen LogP contribution in [0, 0.1) is 5.41 Å². The number of pyridine rings is 1. The van der Waals surface area contributed by atoms with E-state index in [1.54, 1.807) is 32.0 Å². The minimum atomic E-state index is -0.879. The van der Waals surface area contributed by atoms with E-state index >= 15 is 0 Å². The van der Waals surface area contributed by atoms with Crippen molar-refractivity contribution >= 4 is 40.4 Å². The molecule has 0 bridgehead atoms. The number of hydrogen-bond donors (Lipinski definition) is 1. The van der Waals surface area contributed by atoms with Gasteiger partial charge in [0.1, 0.15) is 5.82 Å². The Kier molecular flexibility index (Phi) is 8.58. The number of nitrogens with one attached hydrogen (secondary N) is 1. The van der Waals surface area contributed by atoms with Crippen LogP contribution in [0.15, 0.2) is 53.7 Å². The predicted octanol–water partition coefficient (Wildman–Crippen LogP) is 4.03. The lowest BCUT2D eigenvalue weighted by Gasteiger charge is -2.22. The molecule has 0 aliphatic carbocycles. The molecule has 0 unspecified atom stereocenters. The van der Waals surface area contributed by atoms with Crippen molar-refractivity contribution < 1.29 is 19.1 Å². The lowest BCUT2D eigenvalue weighted by molar-refractivity contribution is 0.0529. The number of halogens is 1. The van der Waals surface area contributed by atoms with Crippen LogP contribution in [0.5, 0.6) is 5.75 Å². The topological polar surface area (TPSA) is 130 Å². The van der Waals surface area contributed by atoms with Crippen LogP contribution in [-0.2, 0) is 17.8 Å². The fraction of sp³-hybridized carbons (Fsp3) is 0.308. The molecule has 1 N–H and O–H groups in total. The van der Waals surface area contributed by atoms with Gasteiger partial charge in [0.25, 0.3) is 11.5 Å². The Morgan fingerprint density at radius 3 is 2.59 bits per heavy atom. The zero-order valence-electron chi connectivity index (χ0n) is 21.8. The van der Waals surface area contributed by atoms with Crippen LogP contribution in [0.2, 0.25) is 4.34 Å². The molecule has 0 amide bonds. The number of ketones is 1. The molecular formula is C26H27ClN6O5S. The third-order valence-electron chi connectivity index (χ3n) is 5.88. The van der Waals surface area contributed by atoms with E-state index in [4.69, 9.17) is 21.1 Å². The smallest absolute Gasteiger partial charge is 0.293 e. The van der Waals surface area contributed by atoms with Crippen molar-refractivity contribution in [1.82, 2.24) is 24.5 Å². The van der Waals surface area contributed by atoms with Crippen LogP contribution in [0.1, 0.15) is 33.9 Å². The lowest BCUT2D eigenvalue weighted by Crippen LogP contribution is -2.35.